The molecule has 1 amide bonds. The maximum absolute atomic E-state index is 12.2. The van der Waals surface area contributed by atoms with Crippen molar-refractivity contribution >= 4 is 21.7 Å². The molecule has 0 bridgehead atoms. The molecule has 1 N–H and O–H groups in total. The lowest BCUT2D eigenvalue weighted by molar-refractivity contribution is -0.145. The molecule has 0 atom stereocenters. The molecule has 23 heavy (non-hydrogen) atoms. The lowest BCUT2D eigenvalue weighted by atomic mass is 9.96. The summed E-state index contributed by atoms with van der Waals surface area (Å²) in [5, 5.41) is 8.96. The molecule has 0 aromatic heterocycles. The number of benzene rings is 1. The van der Waals surface area contributed by atoms with E-state index in [1.165, 1.54) is 12.1 Å². The van der Waals surface area contributed by atoms with Gasteiger partial charge in [0.25, 0.3) is 0 Å². The lowest BCUT2D eigenvalue weighted by Crippen LogP contribution is -2.40. The van der Waals surface area contributed by atoms with Gasteiger partial charge < -0.3 is 10.0 Å². The second-order valence-electron chi connectivity index (χ2n) is 5.72. The molecule has 1 aliphatic rings. The van der Waals surface area contributed by atoms with Crippen LogP contribution in [0.25, 0.3) is 0 Å². The summed E-state index contributed by atoms with van der Waals surface area (Å²) in [7, 11) is -3.23. The molecule has 7 heteroatoms. The molecule has 1 fully saturated rings. The first-order valence-corrected chi connectivity index (χ1v) is 9.31. The summed E-state index contributed by atoms with van der Waals surface area (Å²) < 4.78 is 23.5. The van der Waals surface area contributed by atoms with E-state index in [4.69, 9.17) is 5.11 Å². The number of rotatable bonds is 5. The van der Waals surface area contributed by atoms with Crippen LogP contribution >= 0.6 is 0 Å². The zero-order valence-corrected chi connectivity index (χ0v) is 13.9. The number of carboxylic acid groups (broad SMARTS) is 1. The van der Waals surface area contributed by atoms with E-state index in [1.54, 1.807) is 24.0 Å². The number of carboxylic acids is 1. The fraction of sp³-hybridized carbons (Fsp3) is 0.500. The third-order valence-corrected chi connectivity index (χ3v) is 5.97. The van der Waals surface area contributed by atoms with Gasteiger partial charge in [-0.15, -0.1) is 0 Å². The van der Waals surface area contributed by atoms with E-state index >= 15 is 0 Å². The molecule has 0 saturated carbocycles. The quantitative estimate of drug-likeness (QED) is 0.874. The third kappa shape index (κ3) is 4.31. The second kappa shape index (κ2) is 7.12. The Bertz CT molecular complexity index is 673. The summed E-state index contributed by atoms with van der Waals surface area (Å²) in [6.07, 6.45) is 1.16. The highest BCUT2D eigenvalue weighted by atomic mass is 32.2. The fourth-order valence-electron chi connectivity index (χ4n) is 2.64. The minimum absolute atomic E-state index is 0.0454. The van der Waals surface area contributed by atoms with Crippen molar-refractivity contribution < 1.29 is 23.1 Å². The number of carbonyl (C=O) groups is 2. The van der Waals surface area contributed by atoms with Gasteiger partial charge in [0.05, 0.1) is 23.0 Å². The first-order valence-electron chi connectivity index (χ1n) is 7.65. The maximum Gasteiger partial charge on any atom is 0.306 e. The zero-order chi connectivity index (χ0) is 17.0. The van der Waals surface area contributed by atoms with Gasteiger partial charge in [-0.25, -0.2) is 8.42 Å². The highest BCUT2D eigenvalue weighted by molar-refractivity contribution is 7.91. The van der Waals surface area contributed by atoms with Crippen molar-refractivity contribution in [2.24, 2.45) is 5.92 Å². The predicted octanol–water partition coefficient (Wildman–Crippen LogP) is 1.35. The summed E-state index contributed by atoms with van der Waals surface area (Å²) >= 11 is 0. The molecule has 2 rings (SSSR count). The summed E-state index contributed by atoms with van der Waals surface area (Å²) in [6, 6.07) is 6.37. The molecule has 1 heterocycles. The van der Waals surface area contributed by atoms with Gasteiger partial charge in [-0.05, 0) is 30.5 Å². The van der Waals surface area contributed by atoms with Gasteiger partial charge in [-0.1, -0.05) is 19.1 Å². The van der Waals surface area contributed by atoms with Crippen LogP contribution < -0.4 is 0 Å². The normalized spacial score (nSPS) is 16.3. The first kappa shape index (κ1) is 17.5. The number of sulfone groups is 1. The van der Waals surface area contributed by atoms with Gasteiger partial charge in [0.15, 0.2) is 9.84 Å². The van der Waals surface area contributed by atoms with Crippen molar-refractivity contribution in [3.63, 3.8) is 0 Å². The highest BCUT2D eigenvalue weighted by Crippen LogP contribution is 2.19. The SMILES string of the molecule is CCS(=O)(=O)c1ccc(CC(=O)N2CCC(C(=O)O)CC2)cc1. The Labute approximate surface area is 136 Å². The van der Waals surface area contributed by atoms with Gasteiger partial charge in [0, 0.05) is 13.1 Å². The molecule has 1 saturated heterocycles. The molecular weight excluding hydrogens is 318 g/mol. The Kier molecular flexibility index (Phi) is 5.41. The van der Waals surface area contributed by atoms with Crippen molar-refractivity contribution in [3.05, 3.63) is 29.8 Å². The molecular formula is C16H21NO5S. The minimum atomic E-state index is -3.23. The largest absolute Gasteiger partial charge is 0.481 e. The Hall–Kier alpha value is -1.89. The van der Waals surface area contributed by atoms with Crippen LogP contribution in [0, 0.1) is 5.92 Å². The van der Waals surface area contributed by atoms with Gasteiger partial charge in [0.1, 0.15) is 0 Å². The Balaban J connectivity index is 1.95. The standard InChI is InChI=1S/C16H21NO5S/c1-2-23(21,22)14-5-3-12(4-6-14)11-15(18)17-9-7-13(8-10-17)16(19)20/h3-6,13H,2,7-11H2,1H3,(H,19,20). The summed E-state index contributed by atoms with van der Waals surface area (Å²) in [4.78, 5) is 25.1. The molecule has 0 radical (unpaired) electrons. The van der Waals surface area contributed by atoms with E-state index in [1.807, 2.05) is 0 Å². The van der Waals surface area contributed by atoms with E-state index in [2.05, 4.69) is 0 Å². The van der Waals surface area contributed by atoms with E-state index in [-0.39, 0.29) is 28.9 Å². The van der Waals surface area contributed by atoms with Gasteiger partial charge in [-0.3, -0.25) is 9.59 Å². The number of nitrogens with zero attached hydrogens (tertiary/aromatic N) is 1. The first-order chi connectivity index (χ1) is 10.8. The van der Waals surface area contributed by atoms with Crippen molar-refractivity contribution in [1.82, 2.24) is 4.90 Å². The highest BCUT2D eigenvalue weighted by Gasteiger charge is 2.26. The summed E-state index contributed by atoms with van der Waals surface area (Å²) in [5.41, 5.74) is 0.755. The minimum Gasteiger partial charge on any atom is -0.481 e. The molecule has 6 nitrogen and oxygen atoms in total. The number of amides is 1. The lowest BCUT2D eigenvalue weighted by Gasteiger charge is -2.30. The summed E-state index contributed by atoms with van der Waals surface area (Å²) in [6.45, 7) is 2.50. The smallest absolute Gasteiger partial charge is 0.306 e. The van der Waals surface area contributed by atoms with E-state index in [0.29, 0.717) is 25.9 Å². The van der Waals surface area contributed by atoms with Crippen LogP contribution in [-0.2, 0) is 25.8 Å². The number of hydrogen-bond donors (Lipinski definition) is 1. The van der Waals surface area contributed by atoms with Crippen molar-refractivity contribution in [2.75, 3.05) is 18.8 Å². The molecule has 1 aromatic rings. The molecule has 0 spiro atoms. The number of piperidine rings is 1. The average Bonchev–Trinajstić information content (AvgIpc) is 2.55. The molecule has 1 aliphatic heterocycles. The number of likely N-dealkylation sites (tertiary alicyclic amines) is 1. The van der Waals surface area contributed by atoms with Crippen LogP contribution in [0.3, 0.4) is 0 Å². The van der Waals surface area contributed by atoms with Gasteiger partial charge >= 0.3 is 5.97 Å². The van der Waals surface area contributed by atoms with Crippen molar-refractivity contribution in [2.45, 2.75) is 31.1 Å². The van der Waals surface area contributed by atoms with E-state index in [0.717, 1.165) is 5.56 Å². The fourth-order valence-corrected chi connectivity index (χ4v) is 3.53. The van der Waals surface area contributed by atoms with Crippen LogP contribution in [0.15, 0.2) is 29.2 Å². The van der Waals surface area contributed by atoms with E-state index in [9.17, 15) is 18.0 Å². The summed E-state index contributed by atoms with van der Waals surface area (Å²) in [5.74, 6) is -1.17. The third-order valence-electron chi connectivity index (χ3n) is 4.21. The zero-order valence-electron chi connectivity index (χ0n) is 13.1. The monoisotopic (exact) mass is 339 g/mol. The van der Waals surface area contributed by atoms with Gasteiger partial charge in [-0.2, -0.15) is 0 Å². The molecule has 0 unspecified atom stereocenters. The average molecular weight is 339 g/mol. The number of hydrogen-bond acceptors (Lipinski definition) is 4. The Morgan fingerprint density at radius 1 is 1.17 bits per heavy atom. The van der Waals surface area contributed by atoms with Crippen molar-refractivity contribution in [1.29, 1.82) is 0 Å². The predicted molar refractivity (Wildman–Crippen MR) is 84.8 cm³/mol. The van der Waals surface area contributed by atoms with Crippen LogP contribution in [0.1, 0.15) is 25.3 Å². The molecule has 0 aliphatic carbocycles. The second-order valence-corrected chi connectivity index (χ2v) is 8.00. The van der Waals surface area contributed by atoms with E-state index < -0.39 is 15.8 Å². The topological polar surface area (TPSA) is 91.8 Å². The van der Waals surface area contributed by atoms with Gasteiger partial charge in [0.2, 0.25) is 5.91 Å². The van der Waals surface area contributed by atoms with Crippen LogP contribution in [0.2, 0.25) is 0 Å². The van der Waals surface area contributed by atoms with Crippen LogP contribution in [-0.4, -0.2) is 49.1 Å². The number of aliphatic carboxylic acids is 1. The maximum atomic E-state index is 12.2. The van der Waals surface area contributed by atoms with Crippen LogP contribution in [0.5, 0.6) is 0 Å². The van der Waals surface area contributed by atoms with Crippen molar-refractivity contribution in [3.8, 4) is 0 Å². The van der Waals surface area contributed by atoms with Crippen LogP contribution in [0.4, 0.5) is 0 Å². The Morgan fingerprint density at radius 3 is 2.22 bits per heavy atom. The molecule has 1 aromatic carbocycles. The molecule has 126 valence electrons. The number of carbonyl (C=O) groups excluding carboxylic acids is 1. The Morgan fingerprint density at radius 2 is 1.74 bits per heavy atom.